The van der Waals surface area contributed by atoms with Gasteiger partial charge in [-0.05, 0) is 34.0 Å². The molecule has 0 aromatic carbocycles. The van der Waals surface area contributed by atoms with Gasteiger partial charge >= 0.3 is 5.97 Å². The maximum Gasteiger partial charge on any atom is 0.304 e. The molecule has 72 valence electrons. The normalized spacial score (nSPS) is 8.93. The molecule has 0 amide bonds. The number of aromatic nitrogens is 1. The Hall–Kier alpha value is -1.34. The molecule has 4 heteroatoms. The molecule has 3 nitrogen and oxygen atoms in total. The van der Waals surface area contributed by atoms with Crippen LogP contribution in [0.1, 0.15) is 18.5 Å². The molecule has 0 atom stereocenters. The van der Waals surface area contributed by atoms with E-state index >= 15 is 0 Å². The monoisotopic (exact) mass is 253 g/mol. The quantitative estimate of drug-likeness (QED) is 0.649. The first kappa shape index (κ1) is 10.7. The van der Waals surface area contributed by atoms with Crippen LogP contribution in [-0.2, 0) is 4.79 Å². The van der Waals surface area contributed by atoms with Gasteiger partial charge in [0.25, 0.3) is 0 Å². The summed E-state index contributed by atoms with van der Waals surface area (Å²) in [6.07, 6.45) is 0.421. The molecule has 1 rings (SSSR count). The second-order valence-electron chi connectivity index (χ2n) is 2.54. The number of hydrogen-bond acceptors (Lipinski definition) is 2. The highest BCUT2D eigenvalue weighted by atomic mass is 79.9. The predicted molar refractivity (Wildman–Crippen MR) is 55.7 cm³/mol. The minimum absolute atomic E-state index is 0.0704. The minimum atomic E-state index is -0.832. The summed E-state index contributed by atoms with van der Waals surface area (Å²) >= 11 is 3.22. The summed E-state index contributed by atoms with van der Waals surface area (Å²) in [6, 6.07) is 5.42. The molecule has 14 heavy (non-hydrogen) atoms. The molecule has 1 aromatic rings. The number of pyridine rings is 1. The fraction of sp³-hybridized carbons (Fsp3) is 0.200. The molecule has 1 heterocycles. The highest BCUT2D eigenvalue weighted by molar-refractivity contribution is 9.10. The average Bonchev–Trinajstić information content (AvgIpc) is 2.12. The number of aliphatic carboxylic acids is 1. The molecule has 0 aliphatic heterocycles. The predicted octanol–water partition coefficient (Wildman–Crippen LogP) is 2.06. The number of halogens is 1. The van der Waals surface area contributed by atoms with Gasteiger partial charge < -0.3 is 5.11 Å². The van der Waals surface area contributed by atoms with Crippen molar-refractivity contribution < 1.29 is 9.90 Å². The lowest BCUT2D eigenvalue weighted by atomic mass is 10.3. The van der Waals surface area contributed by atoms with Crippen molar-refractivity contribution in [3.05, 3.63) is 28.5 Å². The van der Waals surface area contributed by atoms with Gasteiger partial charge in [0.05, 0.1) is 6.42 Å². The highest BCUT2D eigenvalue weighted by Gasteiger charge is 1.92. The van der Waals surface area contributed by atoms with E-state index in [1.807, 2.05) is 12.1 Å². The molecule has 0 bridgehead atoms. The van der Waals surface area contributed by atoms with Gasteiger partial charge in [-0.15, -0.1) is 0 Å². The lowest BCUT2D eigenvalue weighted by molar-refractivity contribution is -0.136. The molecule has 0 radical (unpaired) electrons. The topological polar surface area (TPSA) is 50.2 Å². The Morgan fingerprint density at radius 1 is 1.57 bits per heavy atom. The molecular weight excluding hydrogens is 246 g/mol. The van der Waals surface area contributed by atoms with Gasteiger partial charge in [-0.2, -0.15) is 0 Å². The van der Waals surface area contributed by atoms with Gasteiger partial charge in [0.2, 0.25) is 0 Å². The Bertz CT molecular complexity index is 393. The van der Waals surface area contributed by atoms with E-state index in [0.717, 1.165) is 4.60 Å². The zero-order valence-corrected chi connectivity index (χ0v) is 8.91. The molecule has 0 fully saturated rings. The summed E-state index contributed by atoms with van der Waals surface area (Å²) in [5, 5.41) is 8.36. The van der Waals surface area contributed by atoms with Crippen molar-refractivity contribution in [2.75, 3.05) is 0 Å². The maximum absolute atomic E-state index is 10.2. The Labute approximate surface area is 90.3 Å². The van der Waals surface area contributed by atoms with Crippen LogP contribution in [0.15, 0.2) is 22.8 Å². The van der Waals surface area contributed by atoms with Crippen molar-refractivity contribution in [1.29, 1.82) is 0 Å². The number of nitrogens with zero attached hydrogens (tertiary/aromatic N) is 1. The second-order valence-corrected chi connectivity index (χ2v) is 3.35. The summed E-state index contributed by atoms with van der Waals surface area (Å²) in [5.74, 6) is 4.70. The standard InChI is InChI=1S/C10H8BrNO2/c11-9-6-3-5-8(12-9)4-1-2-7-10(13)14/h3,5-6H,2,7H2,(H,13,14). The summed E-state index contributed by atoms with van der Waals surface area (Å²) < 4.78 is 0.725. The number of rotatable bonds is 2. The molecule has 0 saturated heterocycles. The van der Waals surface area contributed by atoms with Crippen molar-refractivity contribution >= 4 is 21.9 Å². The Morgan fingerprint density at radius 3 is 3.00 bits per heavy atom. The fourth-order valence-corrected chi connectivity index (χ4v) is 1.14. The van der Waals surface area contributed by atoms with Gasteiger partial charge in [0, 0.05) is 6.42 Å². The number of carboxylic acids is 1. The van der Waals surface area contributed by atoms with Crippen LogP contribution in [0.5, 0.6) is 0 Å². The van der Waals surface area contributed by atoms with Gasteiger partial charge in [0.15, 0.2) is 0 Å². The highest BCUT2D eigenvalue weighted by Crippen LogP contribution is 2.04. The van der Waals surface area contributed by atoms with Crippen molar-refractivity contribution in [2.24, 2.45) is 0 Å². The molecule has 0 aliphatic carbocycles. The first-order valence-electron chi connectivity index (χ1n) is 4.02. The zero-order valence-electron chi connectivity index (χ0n) is 7.33. The molecule has 0 saturated carbocycles. The summed E-state index contributed by atoms with van der Waals surface area (Å²) in [4.78, 5) is 14.3. The second kappa shape index (κ2) is 5.40. The Balaban J connectivity index is 2.55. The van der Waals surface area contributed by atoms with Crippen molar-refractivity contribution in [1.82, 2.24) is 4.98 Å². The van der Waals surface area contributed by atoms with Crippen molar-refractivity contribution in [3.8, 4) is 11.8 Å². The van der Waals surface area contributed by atoms with Crippen LogP contribution >= 0.6 is 15.9 Å². The van der Waals surface area contributed by atoms with Crippen LogP contribution in [-0.4, -0.2) is 16.1 Å². The van der Waals surface area contributed by atoms with Crippen LogP contribution in [0.4, 0.5) is 0 Å². The van der Waals surface area contributed by atoms with Crippen LogP contribution in [0.25, 0.3) is 0 Å². The first-order chi connectivity index (χ1) is 6.68. The lowest BCUT2D eigenvalue weighted by Gasteiger charge is -1.89. The van der Waals surface area contributed by atoms with E-state index in [2.05, 4.69) is 32.8 Å². The van der Waals surface area contributed by atoms with Crippen LogP contribution in [0.2, 0.25) is 0 Å². The van der Waals surface area contributed by atoms with Crippen LogP contribution in [0.3, 0.4) is 0 Å². The van der Waals surface area contributed by atoms with E-state index in [1.165, 1.54) is 0 Å². The largest absolute Gasteiger partial charge is 0.481 e. The summed E-state index contributed by atoms with van der Waals surface area (Å²) in [6.45, 7) is 0. The number of hydrogen-bond donors (Lipinski definition) is 1. The number of carbonyl (C=O) groups is 1. The third kappa shape index (κ3) is 4.06. The summed E-state index contributed by atoms with van der Waals surface area (Å²) in [7, 11) is 0. The molecule has 0 unspecified atom stereocenters. The maximum atomic E-state index is 10.2. The Kier molecular flexibility index (Phi) is 4.14. The van der Waals surface area contributed by atoms with Crippen LogP contribution in [0, 0.1) is 11.8 Å². The smallest absolute Gasteiger partial charge is 0.304 e. The van der Waals surface area contributed by atoms with Gasteiger partial charge in [0.1, 0.15) is 10.3 Å². The molecule has 0 spiro atoms. The average molecular weight is 254 g/mol. The van der Waals surface area contributed by atoms with Crippen molar-refractivity contribution in [2.45, 2.75) is 12.8 Å². The third-order valence-corrected chi connectivity index (χ3v) is 1.84. The van der Waals surface area contributed by atoms with E-state index in [1.54, 1.807) is 6.07 Å². The minimum Gasteiger partial charge on any atom is -0.481 e. The molecule has 0 aliphatic rings. The van der Waals surface area contributed by atoms with Gasteiger partial charge in [-0.1, -0.05) is 12.0 Å². The van der Waals surface area contributed by atoms with Crippen molar-refractivity contribution in [3.63, 3.8) is 0 Å². The number of carboxylic acid groups (broad SMARTS) is 1. The summed E-state index contributed by atoms with van der Waals surface area (Å²) in [5.41, 5.74) is 0.643. The fourth-order valence-electron chi connectivity index (χ4n) is 0.800. The SMILES string of the molecule is O=C(O)CCC#Cc1cccc(Br)n1. The van der Waals surface area contributed by atoms with E-state index in [-0.39, 0.29) is 6.42 Å². The van der Waals surface area contributed by atoms with E-state index in [4.69, 9.17) is 5.11 Å². The molecule has 1 N–H and O–H groups in total. The molecule has 1 aromatic heterocycles. The molecular formula is C10H8BrNO2. The first-order valence-corrected chi connectivity index (χ1v) is 4.81. The van der Waals surface area contributed by atoms with Crippen LogP contribution < -0.4 is 0 Å². The van der Waals surface area contributed by atoms with E-state index in [0.29, 0.717) is 12.1 Å². The van der Waals surface area contributed by atoms with Gasteiger partial charge in [-0.3, -0.25) is 4.79 Å². The zero-order chi connectivity index (χ0) is 10.4. The van der Waals surface area contributed by atoms with E-state index in [9.17, 15) is 4.79 Å². The lowest BCUT2D eigenvalue weighted by Crippen LogP contribution is -1.91. The Morgan fingerprint density at radius 2 is 2.36 bits per heavy atom. The van der Waals surface area contributed by atoms with E-state index < -0.39 is 5.97 Å². The third-order valence-electron chi connectivity index (χ3n) is 1.40. The van der Waals surface area contributed by atoms with Gasteiger partial charge in [-0.25, -0.2) is 4.98 Å².